The molecule has 166 valence electrons. The van der Waals surface area contributed by atoms with Gasteiger partial charge in [-0.05, 0) is 44.1 Å². The molecule has 1 amide bonds. The zero-order valence-corrected chi connectivity index (χ0v) is 18.3. The van der Waals surface area contributed by atoms with Crippen LogP contribution in [-0.2, 0) is 16.1 Å². The molecule has 0 radical (unpaired) electrons. The number of halogens is 1. The van der Waals surface area contributed by atoms with Gasteiger partial charge in [-0.15, -0.1) is 0 Å². The zero-order chi connectivity index (χ0) is 22.5. The number of methoxy groups -OCH3 is 1. The summed E-state index contributed by atoms with van der Waals surface area (Å²) in [6, 6.07) is 14.4. The standard InChI is InChI=1S/C23H23ClN4O4/c1-31-23(30)18-13-17(7-8-19(18)24)25-22(29)16-9-11-28(12-10-16)14-20-26-21(27-32-20)15-5-3-2-4-6-15/h2-8,13,16H,9-12,14H2,1H3,(H,25,29). The maximum Gasteiger partial charge on any atom is 0.339 e. The number of piperidine rings is 1. The molecule has 2 aromatic carbocycles. The molecule has 32 heavy (non-hydrogen) atoms. The number of carbonyl (C=O) groups excluding carboxylic acids is 2. The van der Waals surface area contributed by atoms with Crippen molar-refractivity contribution < 1.29 is 18.8 Å². The number of esters is 1. The molecule has 0 aliphatic carbocycles. The number of nitrogens with zero attached hydrogens (tertiary/aromatic N) is 3. The Morgan fingerprint density at radius 3 is 2.66 bits per heavy atom. The van der Waals surface area contributed by atoms with Gasteiger partial charge in [-0.25, -0.2) is 4.79 Å². The fraction of sp³-hybridized carbons (Fsp3) is 0.304. The van der Waals surface area contributed by atoms with Crippen LogP contribution in [0.3, 0.4) is 0 Å². The molecule has 1 aliphatic rings. The summed E-state index contributed by atoms with van der Waals surface area (Å²) >= 11 is 6.04. The van der Waals surface area contributed by atoms with Crippen molar-refractivity contribution in [3.05, 3.63) is 65.0 Å². The Kier molecular flexibility index (Phi) is 6.82. The molecule has 9 heteroatoms. The molecule has 0 bridgehead atoms. The summed E-state index contributed by atoms with van der Waals surface area (Å²) in [5, 5.41) is 7.21. The minimum atomic E-state index is -0.546. The molecule has 2 heterocycles. The van der Waals surface area contributed by atoms with Crippen molar-refractivity contribution >= 4 is 29.2 Å². The van der Waals surface area contributed by atoms with Crippen molar-refractivity contribution in [3.8, 4) is 11.4 Å². The van der Waals surface area contributed by atoms with Gasteiger partial charge in [0.15, 0.2) is 0 Å². The molecule has 1 aliphatic heterocycles. The minimum Gasteiger partial charge on any atom is -0.465 e. The molecule has 8 nitrogen and oxygen atoms in total. The molecule has 1 saturated heterocycles. The smallest absolute Gasteiger partial charge is 0.339 e. The Hall–Kier alpha value is -3.23. The average Bonchev–Trinajstić information content (AvgIpc) is 3.29. The highest BCUT2D eigenvalue weighted by Crippen LogP contribution is 2.24. The predicted octanol–water partition coefficient (Wildman–Crippen LogP) is 4.03. The van der Waals surface area contributed by atoms with Gasteiger partial charge in [0.25, 0.3) is 0 Å². The van der Waals surface area contributed by atoms with Crippen LogP contribution in [0.4, 0.5) is 5.69 Å². The topological polar surface area (TPSA) is 97.6 Å². The molecule has 0 unspecified atom stereocenters. The van der Waals surface area contributed by atoms with Crippen LogP contribution in [-0.4, -0.2) is 47.1 Å². The van der Waals surface area contributed by atoms with Gasteiger partial charge < -0.3 is 14.6 Å². The molecule has 1 N–H and O–H groups in total. The zero-order valence-electron chi connectivity index (χ0n) is 17.6. The number of benzene rings is 2. The van der Waals surface area contributed by atoms with E-state index >= 15 is 0 Å². The summed E-state index contributed by atoms with van der Waals surface area (Å²) in [7, 11) is 1.29. The molecule has 4 rings (SSSR count). The van der Waals surface area contributed by atoms with Crippen molar-refractivity contribution in [2.75, 3.05) is 25.5 Å². The summed E-state index contributed by atoms with van der Waals surface area (Å²) in [5.41, 5.74) is 1.65. The summed E-state index contributed by atoms with van der Waals surface area (Å²) in [6.07, 6.45) is 1.42. The number of hydrogen-bond acceptors (Lipinski definition) is 7. The highest BCUT2D eigenvalue weighted by atomic mass is 35.5. The molecule has 0 saturated carbocycles. The Morgan fingerprint density at radius 2 is 1.94 bits per heavy atom. The second-order valence-corrected chi connectivity index (χ2v) is 8.01. The Morgan fingerprint density at radius 1 is 1.19 bits per heavy atom. The Bertz CT molecular complexity index is 1090. The van der Waals surface area contributed by atoms with Gasteiger partial charge in [0.1, 0.15) is 0 Å². The lowest BCUT2D eigenvalue weighted by Gasteiger charge is -2.30. The van der Waals surface area contributed by atoms with Crippen LogP contribution < -0.4 is 5.32 Å². The number of carbonyl (C=O) groups is 2. The van der Waals surface area contributed by atoms with Gasteiger partial charge in [0, 0.05) is 17.2 Å². The number of amides is 1. The first-order valence-corrected chi connectivity index (χ1v) is 10.7. The van der Waals surface area contributed by atoms with E-state index in [1.807, 2.05) is 30.3 Å². The van der Waals surface area contributed by atoms with Gasteiger partial charge in [0.05, 0.1) is 24.2 Å². The molecule has 0 spiro atoms. The fourth-order valence-electron chi connectivity index (χ4n) is 3.68. The Labute approximate surface area is 190 Å². The SMILES string of the molecule is COC(=O)c1cc(NC(=O)C2CCN(Cc3nc(-c4ccccc4)no3)CC2)ccc1Cl. The second kappa shape index (κ2) is 9.93. The summed E-state index contributed by atoms with van der Waals surface area (Å²) in [4.78, 5) is 31.2. The van der Waals surface area contributed by atoms with E-state index in [2.05, 4.69) is 20.4 Å². The van der Waals surface area contributed by atoms with Gasteiger partial charge in [0.2, 0.25) is 17.6 Å². The molecular formula is C23H23ClN4O4. The van der Waals surface area contributed by atoms with Gasteiger partial charge >= 0.3 is 5.97 Å². The van der Waals surface area contributed by atoms with Crippen molar-refractivity contribution in [2.45, 2.75) is 19.4 Å². The molecule has 0 atom stereocenters. The highest BCUT2D eigenvalue weighted by Gasteiger charge is 2.26. The lowest BCUT2D eigenvalue weighted by atomic mass is 9.95. The van der Waals surface area contributed by atoms with Gasteiger partial charge in [-0.2, -0.15) is 4.98 Å². The average molecular weight is 455 g/mol. The Balaban J connectivity index is 1.30. The number of rotatable bonds is 6. The van der Waals surface area contributed by atoms with E-state index in [9.17, 15) is 9.59 Å². The molecule has 1 fully saturated rings. The largest absolute Gasteiger partial charge is 0.465 e. The quantitative estimate of drug-likeness (QED) is 0.561. The number of aromatic nitrogens is 2. The van der Waals surface area contributed by atoms with E-state index in [1.165, 1.54) is 13.2 Å². The second-order valence-electron chi connectivity index (χ2n) is 7.60. The predicted molar refractivity (Wildman–Crippen MR) is 119 cm³/mol. The normalized spacial score (nSPS) is 14.8. The third kappa shape index (κ3) is 5.15. The number of anilines is 1. The molecular weight excluding hydrogens is 432 g/mol. The maximum absolute atomic E-state index is 12.7. The van der Waals surface area contributed by atoms with Crippen LogP contribution >= 0.6 is 11.6 Å². The number of likely N-dealkylation sites (tertiary alicyclic amines) is 1. The van der Waals surface area contributed by atoms with Crippen LogP contribution in [0.15, 0.2) is 53.1 Å². The summed E-state index contributed by atoms with van der Waals surface area (Å²) in [5.74, 6) is 0.390. The first-order chi connectivity index (χ1) is 15.5. The fourth-order valence-corrected chi connectivity index (χ4v) is 3.88. The molecule has 3 aromatic rings. The van der Waals surface area contributed by atoms with Crippen LogP contribution in [0.5, 0.6) is 0 Å². The van der Waals surface area contributed by atoms with Crippen LogP contribution in [0.25, 0.3) is 11.4 Å². The van der Waals surface area contributed by atoms with Gasteiger partial charge in [-0.1, -0.05) is 47.1 Å². The minimum absolute atomic E-state index is 0.0769. The van der Waals surface area contributed by atoms with Crippen molar-refractivity contribution in [1.29, 1.82) is 0 Å². The number of nitrogens with one attached hydrogen (secondary N) is 1. The lowest BCUT2D eigenvalue weighted by Crippen LogP contribution is -2.37. The maximum atomic E-state index is 12.7. The monoisotopic (exact) mass is 454 g/mol. The highest BCUT2D eigenvalue weighted by molar-refractivity contribution is 6.33. The van der Waals surface area contributed by atoms with Crippen molar-refractivity contribution in [2.24, 2.45) is 5.92 Å². The van der Waals surface area contributed by atoms with E-state index in [0.29, 0.717) is 36.8 Å². The summed E-state index contributed by atoms with van der Waals surface area (Å²) in [6.45, 7) is 2.04. The first-order valence-electron chi connectivity index (χ1n) is 10.3. The van der Waals surface area contributed by atoms with Gasteiger partial charge in [-0.3, -0.25) is 9.69 Å². The number of ether oxygens (including phenoxy) is 1. The molecule has 1 aromatic heterocycles. The van der Waals surface area contributed by atoms with E-state index in [1.54, 1.807) is 12.1 Å². The van der Waals surface area contributed by atoms with Crippen molar-refractivity contribution in [1.82, 2.24) is 15.0 Å². The van der Waals surface area contributed by atoms with Crippen molar-refractivity contribution in [3.63, 3.8) is 0 Å². The van der Waals surface area contributed by atoms with Crippen LogP contribution in [0.1, 0.15) is 29.1 Å². The van der Waals surface area contributed by atoms with E-state index < -0.39 is 5.97 Å². The van der Waals surface area contributed by atoms with E-state index in [0.717, 1.165) is 18.7 Å². The van der Waals surface area contributed by atoms with Crippen LogP contribution in [0.2, 0.25) is 5.02 Å². The lowest BCUT2D eigenvalue weighted by molar-refractivity contribution is -0.121. The van der Waals surface area contributed by atoms with Crippen LogP contribution in [0, 0.1) is 5.92 Å². The van der Waals surface area contributed by atoms with E-state index in [-0.39, 0.29) is 22.4 Å². The van der Waals surface area contributed by atoms with E-state index in [4.69, 9.17) is 20.9 Å². The third-order valence-corrected chi connectivity index (χ3v) is 5.79. The summed E-state index contributed by atoms with van der Waals surface area (Å²) < 4.78 is 10.1. The first kappa shape index (κ1) is 22.0. The number of hydrogen-bond donors (Lipinski definition) is 1. The third-order valence-electron chi connectivity index (χ3n) is 5.46.